The Bertz CT molecular complexity index is 2770. The molecule has 4 bridgehead atoms. The standard InChI is InChI=1S/C59H91N17O9/c60-56-28-61-9-12-64-31-57(32-65-13-10-62-29-56,33-66-14-11-63-30-56)73-26-43-4-5-44(74-53(83)22-40-1-6-47(77)50(80)19-40)25-45(43)46-27-71-38-58(75-54(84)23-41-2-7-48(78)51(81)20-41)34-67-15-17-69-36-59(39-72-46,37-70-18-16-68-35-58)76-55(85)24-42-3-8-49(79)52(82)21-42/h1-8,19-21,25,46,61-73,77-82H,9-18,22-24,26-39,60H2,(H,74,83)(H,75,84)(H,76,85). The van der Waals surface area contributed by atoms with E-state index in [-0.39, 0.29) is 91.1 Å². The minimum Gasteiger partial charge on any atom is -0.504 e. The van der Waals surface area contributed by atoms with Crippen molar-refractivity contribution in [3.8, 4) is 34.5 Å². The predicted molar refractivity (Wildman–Crippen MR) is 326 cm³/mol. The molecule has 0 radical (unpaired) electrons. The molecule has 26 heteroatoms. The van der Waals surface area contributed by atoms with E-state index >= 15 is 0 Å². The van der Waals surface area contributed by atoms with E-state index in [0.717, 1.165) is 30.8 Å². The summed E-state index contributed by atoms with van der Waals surface area (Å²) >= 11 is 0. The number of carbonyl (C=O) groups excluding carboxylic acids is 3. The quantitative estimate of drug-likeness (QED) is 0.0567. The number of anilines is 1. The summed E-state index contributed by atoms with van der Waals surface area (Å²) in [4.78, 5) is 42.4. The Balaban J connectivity index is 1.17. The highest BCUT2D eigenvalue weighted by Crippen LogP contribution is 2.29. The molecule has 3 amide bonds. The Kier molecular flexibility index (Phi) is 23.7. The van der Waals surface area contributed by atoms with Gasteiger partial charge in [0.2, 0.25) is 17.7 Å². The second-order valence-corrected chi connectivity index (χ2v) is 23.4. The molecule has 6 aliphatic heterocycles. The van der Waals surface area contributed by atoms with Crippen molar-refractivity contribution >= 4 is 23.4 Å². The van der Waals surface area contributed by atoms with Crippen LogP contribution in [0.4, 0.5) is 5.69 Å². The van der Waals surface area contributed by atoms with Gasteiger partial charge in [0, 0.05) is 169 Å². The minimum atomic E-state index is -0.966. The van der Waals surface area contributed by atoms with Crippen molar-refractivity contribution in [3.05, 3.63) is 101 Å². The Morgan fingerprint density at radius 2 is 0.788 bits per heavy atom. The molecule has 6 aliphatic rings. The van der Waals surface area contributed by atoms with Crippen molar-refractivity contribution in [3.63, 3.8) is 0 Å². The van der Waals surface area contributed by atoms with Gasteiger partial charge < -0.3 is 121 Å². The second-order valence-electron chi connectivity index (χ2n) is 23.4. The van der Waals surface area contributed by atoms with Crippen LogP contribution < -0.4 is 90.8 Å². The summed E-state index contributed by atoms with van der Waals surface area (Å²) in [7, 11) is 0. The second kappa shape index (κ2) is 31.3. The maximum absolute atomic E-state index is 14.3. The van der Waals surface area contributed by atoms with Gasteiger partial charge in [-0.15, -0.1) is 0 Å². The van der Waals surface area contributed by atoms with Crippen LogP contribution in [0, 0.1) is 0 Å². The van der Waals surface area contributed by atoms with Crippen LogP contribution in [0.25, 0.3) is 0 Å². The molecule has 6 heterocycles. The molecule has 24 N–H and O–H groups in total. The molecule has 1 atom stereocenters. The lowest BCUT2D eigenvalue weighted by Crippen LogP contribution is -2.68. The smallest absolute Gasteiger partial charge is 0.228 e. The fourth-order valence-corrected chi connectivity index (χ4v) is 11.4. The zero-order chi connectivity index (χ0) is 60.1. The first-order valence-electron chi connectivity index (χ1n) is 29.6. The third-order valence-electron chi connectivity index (χ3n) is 16.0. The number of nitrogens with one attached hydrogen (secondary N) is 16. The maximum Gasteiger partial charge on any atom is 0.228 e. The number of hydrogen-bond donors (Lipinski definition) is 23. The zero-order valence-electron chi connectivity index (χ0n) is 48.6. The van der Waals surface area contributed by atoms with Gasteiger partial charge in [-0.05, 0) is 76.3 Å². The number of phenols is 6. The Morgan fingerprint density at radius 3 is 1.20 bits per heavy atom. The van der Waals surface area contributed by atoms with Crippen LogP contribution in [0.15, 0.2) is 72.8 Å². The first-order chi connectivity index (χ1) is 41.0. The van der Waals surface area contributed by atoms with E-state index in [9.17, 15) is 45.0 Å². The van der Waals surface area contributed by atoms with Gasteiger partial charge in [0.1, 0.15) is 0 Å². The van der Waals surface area contributed by atoms with Gasteiger partial charge in [0.25, 0.3) is 0 Å². The van der Waals surface area contributed by atoms with E-state index in [1.54, 1.807) is 18.2 Å². The largest absolute Gasteiger partial charge is 0.504 e. The molecule has 466 valence electrons. The fourth-order valence-electron chi connectivity index (χ4n) is 11.4. The number of fused-ring (bicyclic) bond motifs is 30. The Labute approximate surface area is 497 Å². The third-order valence-corrected chi connectivity index (χ3v) is 16.0. The van der Waals surface area contributed by atoms with Gasteiger partial charge in [-0.25, -0.2) is 0 Å². The van der Waals surface area contributed by atoms with Crippen LogP contribution in [-0.2, 0) is 40.2 Å². The van der Waals surface area contributed by atoms with Crippen LogP contribution in [0.5, 0.6) is 34.5 Å². The summed E-state index contributed by atoms with van der Waals surface area (Å²) in [5.74, 6) is -2.79. The first kappa shape index (κ1) is 64.5. The maximum atomic E-state index is 14.3. The average Bonchev–Trinajstić information content (AvgIpc) is 3.67. The molecular formula is C59H91N17O9. The summed E-state index contributed by atoms with van der Waals surface area (Å²) in [6, 6.07) is 18.3. The highest BCUT2D eigenvalue weighted by molar-refractivity contribution is 5.92. The van der Waals surface area contributed by atoms with Gasteiger partial charge in [-0.1, -0.05) is 24.3 Å². The number of phenolic OH excluding ortho intramolecular Hbond substituents is 6. The number of nitrogens with two attached hydrogens (primary N) is 1. The van der Waals surface area contributed by atoms with Gasteiger partial charge >= 0.3 is 0 Å². The lowest BCUT2D eigenvalue weighted by Gasteiger charge is -2.40. The van der Waals surface area contributed by atoms with E-state index in [0.29, 0.717) is 140 Å². The van der Waals surface area contributed by atoms with Crippen molar-refractivity contribution in [1.82, 2.24) is 79.8 Å². The van der Waals surface area contributed by atoms with Crippen molar-refractivity contribution in [1.29, 1.82) is 0 Å². The van der Waals surface area contributed by atoms with Crippen LogP contribution in [0.3, 0.4) is 0 Å². The van der Waals surface area contributed by atoms with Crippen molar-refractivity contribution in [2.75, 3.05) is 156 Å². The van der Waals surface area contributed by atoms with Crippen molar-refractivity contribution in [2.45, 2.75) is 54.0 Å². The molecule has 6 fully saturated rings. The summed E-state index contributed by atoms with van der Waals surface area (Å²) in [6.07, 6.45) is -0.228. The molecule has 26 nitrogen and oxygen atoms in total. The van der Waals surface area contributed by atoms with E-state index in [1.807, 2.05) is 18.2 Å². The summed E-state index contributed by atoms with van der Waals surface area (Å²) in [5, 5.41) is 119. The van der Waals surface area contributed by atoms with Gasteiger partial charge in [0.05, 0.1) is 41.4 Å². The first-order valence-corrected chi connectivity index (χ1v) is 29.6. The van der Waals surface area contributed by atoms with Crippen LogP contribution >= 0.6 is 0 Å². The van der Waals surface area contributed by atoms with Gasteiger partial charge in [0.15, 0.2) is 34.5 Å². The molecule has 10 rings (SSSR count). The molecule has 85 heavy (non-hydrogen) atoms. The Hall–Kier alpha value is -6.47. The topological polar surface area (TPSA) is 391 Å². The summed E-state index contributed by atoms with van der Waals surface area (Å²) in [6.45, 7) is 12.5. The monoisotopic (exact) mass is 1180 g/mol. The van der Waals surface area contributed by atoms with Crippen LogP contribution in [0.2, 0.25) is 0 Å². The summed E-state index contributed by atoms with van der Waals surface area (Å²) < 4.78 is 0. The SMILES string of the molecule is NC12CNCCNCC(NCc3ccc(NC(=O)Cc4ccc(O)c(O)c4)cc3C3CNCC4(NC(=O)Cc5ccc(O)c(O)c5)CNCCNCC(NC(=O)Cc5ccc(O)c(O)c5)(CNCCNC4)CN3)(CNCCNC1)CNCCNC2. The molecule has 1 unspecified atom stereocenters. The average molecular weight is 1180 g/mol. The molecule has 0 aliphatic carbocycles. The van der Waals surface area contributed by atoms with Crippen LogP contribution in [0.1, 0.15) is 33.9 Å². The third kappa shape index (κ3) is 19.8. The molecular weight excluding hydrogens is 1090 g/mol. The highest BCUT2D eigenvalue weighted by Gasteiger charge is 2.37. The number of aromatic hydroxyl groups is 6. The molecule has 0 saturated carbocycles. The fraction of sp³-hybridized carbons (Fsp3) is 0.542. The number of amides is 3. The number of carbonyl (C=O) groups is 3. The van der Waals surface area contributed by atoms with Gasteiger partial charge in [-0.2, -0.15) is 0 Å². The Morgan fingerprint density at radius 1 is 0.424 bits per heavy atom. The lowest BCUT2D eigenvalue weighted by molar-refractivity contribution is -0.123. The lowest BCUT2D eigenvalue weighted by atomic mass is 9.92. The molecule has 4 aromatic rings. The minimum absolute atomic E-state index is 0.0605. The van der Waals surface area contributed by atoms with Crippen LogP contribution in [-0.4, -0.2) is 221 Å². The highest BCUT2D eigenvalue weighted by atomic mass is 16.3. The van der Waals surface area contributed by atoms with Gasteiger partial charge in [-0.3, -0.25) is 14.4 Å². The molecule has 0 aromatic heterocycles. The molecule has 0 spiro atoms. The van der Waals surface area contributed by atoms with Crippen molar-refractivity contribution in [2.24, 2.45) is 5.73 Å². The zero-order valence-corrected chi connectivity index (χ0v) is 48.6. The normalized spacial score (nSPS) is 25.7. The predicted octanol–water partition coefficient (Wildman–Crippen LogP) is -4.01. The summed E-state index contributed by atoms with van der Waals surface area (Å²) in [5.41, 5.74) is 7.82. The van der Waals surface area contributed by atoms with E-state index in [2.05, 4.69) is 85.1 Å². The number of hydrogen-bond acceptors (Lipinski definition) is 23. The van der Waals surface area contributed by atoms with E-state index < -0.39 is 28.2 Å². The van der Waals surface area contributed by atoms with E-state index in [4.69, 9.17) is 5.73 Å². The van der Waals surface area contributed by atoms with Crippen molar-refractivity contribution < 1.29 is 45.0 Å². The molecule has 4 aromatic carbocycles. The number of rotatable bonds is 13. The van der Waals surface area contributed by atoms with E-state index in [1.165, 1.54) is 36.4 Å². The molecule has 6 saturated heterocycles. The number of benzene rings is 4.